The maximum atomic E-state index is 13.0. The van der Waals surface area contributed by atoms with E-state index in [1.54, 1.807) is 64.5 Å². The molecule has 5 aromatic rings. The Labute approximate surface area is 217 Å². The van der Waals surface area contributed by atoms with Gasteiger partial charge in [0, 0.05) is 22.5 Å². The molecule has 0 radical (unpaired) electrons. The Morgan fingerprint density at radius 1 is 0.946 bits per heavy atom. The molecule has 37 heavy (non-hydrogen) atoms. The average molecular weight is 510 g/mol. The van der Waals surface area contributed by atoms with Crippen molar-refractivity contribution >= 4 is 34.6 Å². The van der Waals surface area contributed by atoms with Crippen LogP contribution in [-0.4, -0.2) is 32.0 Å². The van der Waals surface area contributed by atoms with Gasteiger partial charge in [0.2, 0.25) is 0 Å². The summed E-state index contributed by atoms with van der Waals surface area (Å²) >= 11 is 1.62. The van der Waals surface area contributed by atoms with Gasteiger partial charge in [0.1, 0.15) is 5.69 Å². The highest BCUT2D eigenvalue weighted by Crippen LogP contribution is 2.30. The molecular formula is C28H23N5O3S. The third-order valence-electron chi connectivity index (χ3n) is 5.90. The maximum Gasteiger partial charge on any atom is 0.335 e. The lowest BCUT2D eigenvalue weighted by atomic mass is 10.1. The topological polar surface area (TPSA) is 123 Å². The zero-order valence-corrected chi connectivity index (χ0v) is 20.5. The largest absolute Gasteiger partial charge is 0.478 e. The second-order valence-corrected chi connectivity index (χ2v) is 9.38. The van der Waals surface area contributed by atoms with E-state index in [4.69, 9.17) is 10.8 Å². The number of anilines is 2. The molecule has 8 nitrogen and oxygen atoms in total. The standard InChI is InChI=1S/C28H23N5O3S/c29-23-11-10-21(26-5-2-14-37-26)16-24(23)30-27(34)22-4-1-3-20(15-22)25-17-33(32-31-25)13-12-18-6-8-19(9-7-18)28(35)36/h1-11,14-17H,12-13,29H2,(H,30,34)(H,35,36). The molecule has 0 aliphatic rings. The van der Waals surface area contributed by atoms with E-state index in [-0.39, 0.29) is 11.5 Å². The van der Waals surface area contributed by atoms with Crippen LogP contribution in [-0.2, 0) is 13.0 Å². The van der Waals surface area contributed by atoms with Crippen molar-refractivity contribution in [3.8, 4) is 21.7 Å². The van der Waals surface area contributed by atoms with Gasteiger partial charge in [-0.2, -0.15) is 0 Å². The molecule has 0 saturated heterocycles. The van der Waals surface area contributed by atoms with Crippen LogP contribution in [0.2, 0.25) is 0 Å². The minimum absolute atomic E-state index is 0.258. The molecule has 2 aromatic heterocycles. The van der Waals surface area contributed by atoms with Gasteiger partial charge in [-0.1, -0.05) is 41.6 Å². The molecule has 4 N–H and O–H groups in total. The van der Waals surface area contributed by atoms with Crippen molar-refractivity contribution in [2.75, 3.05) is 11.1 Å². The van der Waals surface area contributed by atoms with E-state index < -0.39 is 5.97 Å². The first kappa shape index (κ1) is 24.0. The number of aromatic nitrogens is 3. The van der Waals surface area contributed by atoms with Gasteiger partial charge in [-0.25, -0.2) is 4.79 Å². The average Bonchev–Trinajstić information content (AvgIpc) is 3.62. The molecule has 184 valence electrons. The fraction of sp³-hybridized carbons (Fsp3) is 0.0714. The summed E-state index contributed by atoms with van der Waals surface area (Å²) in [5.74, 6) is -1.21. The molecule has 0 unspecified atom stereocenters. The third-order valence-corrected chi connectivity index (χ3v) is 6.82. The van der Waals surface area contributed by atoms with Crippen LogP contribution in [0.4, 0.5) is 11.4 Å². The smallest absolute Gasteiger partial charge is 0.335 e. The Kier molecular flexibility index (Phi) is 6.78. The van der Waals surface area contributed by atoms with Crippen LogP contribution in [0.25, 0.3) is 21.7 Å². The number of aryl methyl sites for hydroxylation is 2. The van der Waals surface area contributed by atoms with E-state index in [1.165, 1.54) is 0 Å². The number of hydrogen-bond donors (Lipinski definition) is 3. The lowest BCUT2D eigenvalue weighted by molar-refractivity contribution is 0.0696. The van der Waals surface area contributed by atoms with E-state index in [1.807, 2.05) is 41.9 Å². The van der Waals surface area contributed by atoms with Crippen molar-refractivity contribution in [2.45, 2.75) is 13.0 Å². The van der Waals surface area contributed by atoms with Gasteiger partial charge >= 0.3 is 5.97 Å². The zero-order chi connectivity index (χ0) is 25.8. The maximum absolute atomic E-state index is 13.0. The number of nitrogens with one attached hydrogen (secondary N) is 1. The summed E-state index contributed by atoms with van der Waals surface area (Å²) in [5.41, 5.74) is 11.3. The fourth-order valence-corrected chi connectivity index (χ4v) is 4.60. The summed E-state index contributed by atoms with van der Waals surface area (Å²) in [6.07, 6.45) is 2.50. The van der Waals surface area contributed by atoms with E-state index in [9.17, 15) is 9.59 Å². The lowest BCUT2D eigenvalue weighted by Gasteiger charge is -2.10. The van der Waals surface area contributed by atoms with Crippen LogP contribution in [0, 0.1) is 0 Å². The second-order valence-electron chi connectivity index (χ2n) is 8.43. The van der Waals surface area contributed by atoms with Crippen molar-refractivity contribution in [3.05, 3.63) is 107 Å². The van der Waals surface area contributed by atoms with Gasteiger partial charge in [-0.3, -0.25) is 9.48 Å². The number of nitrogens with zero attached hydrogens (tertiary/aromatic N) is 3. The Balaban J connectivity index is 1.27. The number of amides is 1. The highest BCUT2D eigenvalue weighted by atomic mass is 32.1. The van der Waals surface area contributed by atoms with Crippen LogP contribution >= 0.6 is 11.3 Å². The number of aromatic carboxylic acids is 1. The van der Waals surface area contributed by atoms with Crippen molar-refractivity contribution in [3.63, 3.8) is 0 Å². The molecule has 3 aromatic carbocycles. The molecule has 0 aliphatic carbocycles. The minimum Gasteiger partial charge on any atom is -0.478 e. The van der Waals surface area contributed by atoms with Gasteiger partial charge in [0.25, 0.3) is 5.91 Å². The summed E-state index contributed by atoms with van der Waals surface area (Å²) in [6.45, 7) is 0.583. The Morgan fingerprint density at radius 2 is 1.78 bits per heavy atom. The highest BCUT2D eigenvalue weighted by Gasteiger charge is 2.12. The fourth-order valence-electron chi connectivity index (χ4n) is 3.87. The predicted octanol–water partition coefficient (Wildman–Crippen LogP) is 5.45. The molecule has 0 atom stereocenters. The number of thiophene rings is 1. The van der Waals surface area contributed by atoms with Crippen molar-refractivity contribution in [1.82, 2.24) is 15.0 Å². The number of nitrogen functional groups attached to an aromatic ring is 1. The van der Waals surface area contributed by atoms with Gasteiger partial charge in [-0.05, 0) is 65.4 Å². The summed E-state index contributed by atoms with van der Waals surface area (Å²) in [4.78, 5) is 25.1. The van der Waals surface area contributed by atoms with E-state index >= 15 is 0 Å². The molecule has 5 rings (SSSR count). The van der Waals surface area contributed by atoms with Crippen molar-refractivity contribution in [1.29, 1.82) is 0 Å². The minimum atomic E-state index is -0.946. The third kappa shape index (κ3) is 5.57. The van der Waals surface area contributed by atoms with Gasteiger partial charge in [0.05, 0.1) is 23.1 Å². The van der Waals surface area contributed by atoms with Crippen LogP contribution in [0.15, 0.2) is 90.4 Å². The Bertz CT molecular complexity index is 1560. The molecule has 0 fully saturated rings. The number of carbonyl (C=O) groups excluding carboxylic acids is 1. The SMILES string of the molecule is Nc1ccc(-c2cccs2)cc1NC(=O)c1cccc(-c2cn(CCc3ccc(C(=O)O)cc3)nn2)c1. The van der Waals surface area contributed by atoms with E-state index in [2.05, 4.69) is 15.6 Å². The molecule has 1 amide bonds. The first-order valence-electron chi connectivity index (χ1n) is 11.5. The molecule has 0 bridgehead atoms. The van der Waals surface area contributed by atoms with Crippen LogP contribution in [0.5, 0.6) is 0 Å². The molecule has 0 saturated carbocycles. The summed E-state index contributed by atoms with van der Waals surface area (Å²) in [6, 6.07) is 23.6. The molecule has 0 aliphatic heterocycles. The zero-order valence-electron chi connectivity index (χ0n) is 19.7. The monoisotopic (exact) mass is 509 g/mol. The molecular weight excluding hydrogens is 486 g/mol. The number of carboxylic acids is 1. The van der Waals surface area contributed by atoms with Gasteiger partial charge < -0.3 is 16.2 Å². The lowest BCUT2D eigenvalue weighted by Crippen LogP contribution is -2.13. The molecule has 9 heteroatoms. The summed E-state index contributed by atoms with van der Waals surface area (Å²) < 4.78 is 1.73. The normalized spacial score (nSPS) is 10.8. The quantitative estimate of drug-likeness (QED) is 0.239. The number of carbonyl (C=O) groups is 2. The van der Waals surface area contributed by atoms with E-state index in [0.29, 0.717) is 35.6 Å². The highest BCUT2D eigenvalue weighted by molar-refractivity contribution is 7.13. The predicted molar refractivity (Wildman–Crippen MR) is 145 cm³/mol. The Morgan fingerprint density at radius 3 is 2.54 bits per heavy atom. The molecule has 2 heterocycles. The number of nitrogens with two attached hydrogens (primary N) is 1. The number of carboxylic acid groups (broad SMARTS) is 1. The van der Waals surface area contributed by atoms with Crippen LogP contribution in [0.1, 0.15) is 26.3 Å². The first-order valence-corrected chi connectivity index (χ1v) is 12.4. The van der Waals surface area contributed by atoms with Crippen LogP contribution in [0.3, 0.4) is 0 Å². The van der Waals surface area contributed by atoms with Gasteiger partial charge in [-0.15, -0.1) is 16.4 Å². The summed E-state index contributed by atoms with van der Waals surface area (Å²) in [7, 11) is 0. The van der Waals surface area contributed by atoms with E-state index in [0.717, 1.165) is 21.6 Å². The van der Waals surface area contributed by atoms with Crippen LogP contribution < -0.4 is 11.1 Å². The summed E-state index contributed by atoms with van der Waals surface area (Å²) in [5, 5.41) is 22.4. The van der Waals surface area contributed by atoms with Gasteiger partial charge in [0.15, 0.2) is 0 Å². The van der Waals surface area contributed by atoms with Crippen molar-refractivity contribution in [2.24, 2.45) is 0 Å². The number of hydrogen-bond acceptors (Lipinski definition) is 6. The van der Waals surface area contributed by atoms with Crippen molar-refractivity contribution < 1.29 is 14.7 Å². The molecule has 0 spiro atoms. The second kappa shape index (κ2) is 10.5. The first-order chi connectivity index (χ1) is 18.0. The number of rotatable bonds is 8. The Hall–Kier alpha value is -4.76. The number of benzene rings is 3.